The minimum absolute atomic E-state index is 0.935. The maximum atomic E-state index is 9.72. The fraction of sp³-hybridized carbons (Fsp3) is 0.875. The van der Waals surface area contributed by atoms with Crippen LogP contribution in [0.2, 0.25) is 0 Å². The quantitative estimate of drug-likeness (QED) is 0.673. The minimum Gasteiger partial charge on any atom is -0.549 e. The van der Waals surface area contributed by atoms with E-state index < -0.39 is 19.7 Å². The Morgan fingerprint density at radius 3 is 1.71 bits per heavy atom. The van der Waals surface area contributed by atoms with Crippen molar-refractivity contribution in [2.75, 3.05) is 6.16 Å². The number of hydrogen-bond donors (Lipinski definition) is 2. The molecule has 0 aliphatic carbocycles. The number of carbonyl (C=O) groups excluding carboxylic acids is 1. The molecule has 0 rings (SSSR count). The van der Waals surface area contributed by atoms with Crippen LogP contribution in [0.5, 0.6) is 0 Å². The summed E-state index contributed by atoms with van der Waals surface area (Å²) < 4.78 is 9.72. The third-order valence-corrected chi connectivity index (χ3v) is 2.40. The van der Waals surface area contributed by atoms with Crippen molar-refractivity contribution < 1.29 is 24.3 Å². The summed E-state index contributed by atoms with van der Waals surface area (Å²) >= 11 is 0. The fourth-order valence-electron chi connectivity index (χ4n) is 0.457. The second-order valence-corrected chi connectivity index (χ2v) is 4.76. The number of carboxylic acid groups (broad SMARTS) is 1. The highest BCUT2D eigenvalue weighted by molar-refractivity contribution is 7.52. The number of carbonyl (C=O) groups is 1. The normalized spacial score (nSPS) is 10.7. The van der Waals surface area contributed by atoms with Crippen molar-refractivity contribution >= 4 is 13.6 Å². The van der Waals surface area contributed by atoms with E-state index in [2.05, 4.69) is 20.8 Å². The number of rotatable bonds is 4. The van der Waals surface area contributed by atoms with E-state index in [0.717, 1.165) is 5.92 Å². The molecule has 0 aliphatic heterocycles. The smallest absolute Gasteiger partial charge is 0.331 e. The van der Waals surface area contributed by atoms with Gasteiger partial charge in [-0.2, -0.15) is 0 Å². The molecule has 0 spiro atoms. The van der Waals surface area contributed by atoms with E-state index in [1.165, 1.54) is 12.8 Å². The Balaban J connectivity index is 0. The molecule has 0 aliphatic rings. The third kappa shape index (κ3) is 17.6. The first-order chi connectivity index (χ1) is 6.22. The fourth-order valence-corrected chi connectivity index (χ4v) is 0.793. The van der Waals surface area contributed by atoms with Gasteiger partial charge in [-0.3, -0.25) is 4.57 Å². The summed E-state index contributed by atoms with van der Waals surface area (Å²) in [5.41, 5.74) is 0. The Bertz CT molecular complexity index is 194. The van der Waals surface area contributed by atoms with E-state index >= 15 is 0 Å². The first kappa shape index (κ1) is 16.1. The number of aliphatic carboxylic acids is 1. The lowest BCUT2D eigenvalue weighted by atomic mass is 10.1. The molecule has 0 saturated carbocycles. The molecular formula is C8H18O5P-. The molecule has 5 nitrogen and oxygen atoms in total. The number of hydrogen-bond acceptors (Lipinski definition) is 3. The van der Waals surface area contributed by atoms with Crippen LogP contribution in [0.15, 0.2) is 0 Å². The summed E-state index contributed by atoms with van der Waals surface area (Å²) in [5.74, 6) is -0.802. The molecular weight excluding hydrogens is 207 g/mol. The molecule has 0 atom stereocenters. The molecule has 0 bridgehead atoms. The lowest BCUT2D eigenvalue weighted by molar-refractivity contribution is -0.301. The molecule has 0 saturated heterocycles. The van der Waals surface area contributed by atoms with Crippen LogP contribution in [0.4, 0.5) is 0 Å². The van der Waals surface area contributed by atoms with Gasteiger partial charge in [-0.15, -0.1) is 0 Å². The molecule has 14 heavy (non-hydrogen) atoms. The molecule has 0 unspecified atom stereocenters. The van der Waals surface area contributed by atoms with Gasteiger partial charge in [-0.25, -0.2) is 0 Å². The zero-order valence-corrected chi connectivity index (χ0v) is 9.66. The summed E-state index contributed by atoms with van der Waals surface area (Å²) in [6, 6.07) is 0. The van der Waals surface area contributed by atoms with Gasteiger partial charge in [0, 0.05) is 0 Å². The van der Waals surface area contributed by atoms with Crippen LogP contribution in [0.1, 0.15) is 33.6 Å². The Labute approximate surface area is 84.3 Å². The van der Waals surface area contributed by atoms with Crippen molar-refractivity contribution in [1.82, 2.24) is 0 Å². The van der Waals surface area contributed by atoms with Gasteiger partial charge in [0.05, 0.1) is 12.1 Å². The van der Waals surface area contributed by atoms with Crippen molar-refractivity contribution in [1.29, 1.82) is 0 Å². The van der Waals surface area contributed by atoms with Crippen molar-refractivity contribution in [2.24, 2.45) is 5.92 Å². The molecule has 0 heterocycles. The van der Waals surface area contributed by atoms with Crippen LogP contribution < -0.4 is 5.11 Å². The lowest BCUT2D eigenvalue weighted by Crippen LogP contribution is -2.25. The van der Waals surface area contributed by atoms with Gasteiger partial charge in [-0.05, 0) is 5.92 Å². The van der Waals surface area contributed by atoms with Crippen molar-refractivity contribution in [3.05, 3.63) is 0 Å². The van der Waals surface area contributed by atoms with Gasteiger partial charge in [-0.1, -0.05) is 33.6 Å². The second kappa shape index (κ2) is 7.97. The monoisotopic (exact) mass is 225 g/mol. The maximum Gasteiger partial charge on any atom is 0.331 e. The van der Waals surface area contributed by atoms with E-state index in [0.29, 0.717) is 0 Å². The number of carboxylic acids is 1. The van der Waals surface area contributed by atoms with Gasteiger partial charge in [0.25, 0.3) is 0 Å². The van der Waals surface area contributed by atoms with Crippen LogP contribution in [0, 0.1) is 5.92 Å². The molecule has 0 fully saturated rings. The standard InChI is InChI=1S/C6H14.C2H5O5P/c1-4-6(3)5-2;3-2(4)1-8(5,6)7/h6H,4-5H2,1-3H3;1H2,(H,3,4)(H2,5,6,7)/p-1. The van der Waals surface area contributed by atoms with Crippen molar-refractivity contribution in [3.63, 3.8) is 0 Å². The Morgan fingerprint density at radius 1 is 1.36 bits per heavy atom. The predicted octanol–water partition coefficient (Wildman–Crippen LogP) is 0.356. The van der Waals surface area contributed by atoms with Crippen molar-refractivity contribution in [3.8, 4) is 0 Å². The SMILES string of the molecule is CCC(C)CC.O=C([O-])CP(=O)(O)O. The summed E-state index contributed by atoms with van der Waals surface area (Å²) in [6.45, 7) is 6.74. The largest absolute Gasteiger partial charge is 0.549 e. The minimum atomic E-state index is -4.38. The van der Waals surface area contributed by atoms with E-state index in [1.807, 2.05) is 0 Å². The summed E-state index contributed by atoms with van der Waals surface area (Å²) in [4.78, 5) is 25.2. The van der Waals surface area contributed by atoms with Crippen molar-refractivity contribution in [2.45, 2.75) is 33.6 Å². The first-order valence-electron chi connectivity index (χ1n) is 4.47. The summed E-state index contributed by atoms with van der Waals surface area (Å²) in [6.07, 6.45) is 1.46. The summed E-state index contributed by atoms with van der Waals surface area (Å²) in [7, 11) is -4.38. The highest BCUT2D eigenvalue weighted by Gasteiger charge is 2.11. The lowest BCUT2D eigenvalue weighted by Gasteiger charge is -2.01. The topological polar surface area (TPSA) is 97.7 Å². The Hall–Kier alpha value is -0.380. The van der Waals surface area contributed by atoms with Crippen LogP contribution in [0.3, 0.4) is 0 Å². The van der Waals surface area contributed by atoms with E-state index in [-0.39, 0.29) is 0 Å². The molecule has 0 aromatic carbocycles. The Morgan fingerprint density at radius 2 is 1.71 bits per heavy atom. The van der Waals surface area contributed by atoms with E-state index in [9.17, 15) is 14.5 Å². The second-order valence-electron chi connectivity index (χ2n) is 3.12. The van der Waals surface area contributed by atoms with Crippen LogP contribution in [-0.2, 0) is 9.36 Å². The Kier molecular flexibility index (Phi) is 9.15. The van der Waals surface area contributed by atoms with Gasteiger partial charge < -0.3 is 19.7 Å². The predicted molar refractivity (Wildman–Crippen MR) is 51.7 cm³/mol. The summed E-state index contributed by atoms with van der Waals surface area (Å²) in [5, 5.41) is 9.41. The molecule has 86 valence electrons. The maximum absolute atomic E-state index is 9.72. The van der Waals surface area contributed by atoms with E-state index in [4.69, 9.17) is 9.79 Å². The van der Waals surface area contributed by atoms with Crippen LogP contribution in [-0.4, -0.2) is 21.9 Å². The molecule has 6 heteroatoms. The third-order valence-electron chi connectivity index (χ3n) is 1.73. The van der Waals surface area contributed by atoms with Crippen LogP contribution >= 0.6 is 7.60 Å². The van der Waals surface area contributed by atoms with Gasteiger partial charge >= 0.3 is 7.60 Å². The first-order valence-corrected chi connectivity index (χ1v) is 6.27. The molecule has 2 N–H and O–H groups in total. The zero-order chi connectivity index (χ0) is 11.8. The zero-order valence-electron chi connectivity index (χ0n) is 8.77. The molecule has 0 aromatic rings. The molecule has 0 aromatic heterocycles. The van der Waals surface area contributed by atoms with E-state index in [1.54, 1.807) is 0 Å². The average molecular weight is 225 g/mol. The molecule has 0 radical (unpaired) electrons. The van der Waals surface area contributed by atoms with Gasteiger partial charge in [0.2, 0.25) is 0 Å². The highest BCUT2D eigenvalue weighted by atomic mass is 31.2. The highest BCUT2D eigenvalue weighted by Crippen LogP contribution is 2.32. The van der Waals surface area contributed by atoms with Crippen LogP contribution in [0.25, 0.3) is 0 Å². The van der Waals surface area contributed by atoms with Gasteiger partial charge in [0.1, 0.15) is 0 Å². The van der Waals surface area contributed by atoms with Gasteiger partial charge in [0.15, 0.2) is 0 Å². The average Bonchev–Trinajstić information content (AvgIpc) is 1.99. The molecule has 0 amide bonds.